The van der Waals surface area contributed by atoms with Gasteiger partial charge in [-0.3, -0.25) is 9.69 Å². The number of carbonyl (C=O) groups is 1. The van der Waals surface area contributed by atoms with Crippen LogP contribution >= 0.6 is 0 Å². The molecule has 4 nitrogen and oxygen atoms in total. The Morgan fingerprint density at radius 2 is 2.05 bits per heavy atom. The standard InChI is InChI=1S/C18H34N2O2/c1-5-15-7-6-10-20(13-15)17(2,3)14-19-16(21)18(4)8-11-22-12-9-18/h15H,5-14H2,1-4H3,(H,19,21). The van der Waals surface area contributed by atoms with E-state index in [1.54, 1.807) is 0 Å². The third-order valence-electron chi connectivity index (χ3n) is 5.78. The second kappa shape index (κ2) is 7.31. The Labute approximate surface area is 136 Å². The lowest BCUT2D eigenvalue weighted by Gasteiger charge is -2.44. The molecule has 2 aliphatic heterocycles. The molecule has 22 heavy (non-hydrogen) atoms. The maximum atomic E-state index is 12.6. The van der Waals surface area contributed by atoms with Gasteiger partial charge >= 0.3 is 0 Å². The molecule has 1 unspecified atom stereocenters. The molecule has 1 N–H and O–H groups in total. The fraction of sp³-hybridized carbons (Fsp3) is 0.944. The summed E-state index contributed by atoms with van der Waals surface area (Å²) in [4.78, 5) is 15.2. The Morgan fingerprint density at radius 1 is 1.36 bits per heavy atom. The summed E-state index contributed by atoms with van der Waals surface area (Å²) in [5.41, 5.74) is -0.215. The molecule has 0 spiro atoms. The van der Waals surface area contributed by atoms with Gasteiger partial charge in [-0.25, -0.2) is 0 Å². The highest BCUT2D eigenvalue weighted by Gasteiger charge is 2.37. The van der Waals surface area contributed by atoms with Gasteiger partial charge in [0.2, 0.25) is 5.91 Å². The number of carbonyl (C=O) groups excluding carboxylic acids is 1. The predicted octanol–water partition coefficient (Wildman–Crippen LogP) is 2.82. The van der Waals surface area contributed by atoms with Crippen LogP contribution in [0.4, 0.5) is 0 Å². The molecule has 0 aromatic carbocycles. The van der Waals surface area contributed by atoms with Crippen LogP contribution in [0.1, 0.15) is 59.8 Å². The molecule has 0 bridgehead atoms. The second-order valence-electron chi connectivity index (χ2n) is 8.03. The third-order valence-corrected chi connectivity index (χ3v) is 5.78. The zero-order valence-electron chi connectivity index (χ0n) is 14.9. The van der Waals surface area contributed by atoms with Gasteiger partial charge in [0, 0.05) is 31.8 Å². The number of piperidine rings is 1. The minimum absolute atomic E-state index is 0.0328. The zero-order chi connectivity index (χ0) is 16.2. The Morgan fingerprint density at radius 3 is 2.68 bits per heavy atom. The van der Waals surface area contributed by atoms with E-state index >= 15 is 0 Å². The van der Waals surface area contributed by atoms with Crippen molar-refractivity contribution in [2.45, 2.75) is 65.3 Å². The first-order valence-corrected chi connectivity index (χ1v) is 8.98. The topological polar surface area (TPSA) is 41.6 Å². The van der Waals surface area contributed by atoms with Crippen molar-refractivity contribution in [2.24, 2.45) is 11.3 Å². The number of nitrogens with one attached hydrogen (secondary N) is 1. The van der Waals surface area contributed by atoms with Gasteiger partial charge in [0.15, 0.2) is 0 Å². The molecular weight excluding hydrogens is 276 g/mol. The van der Waals surface area contributed by atoms with Crippen LogP contribution < -0.4 is 5.32 Å². The molecule has 0 saturated carbocycles. The van der Waals surface area contributed by atoms with E-state index in [0.29, 0.717) is 13.2 Å². The highest BCUT2D eigenvalue weighted by Crippen LogP contribution is 2.30. The lowest BCUT2D eigenvalue weighted by atomic mass is 9.81. The summed E-state index contributed by atoms with van der Waals surface area (Å²) >= 11 is 0. The SMILES string of the molecule is CCC1CCCN(C(C)(C)CNC(=O)C2(C)CCOCC2)C1. The number of ether oxygens (including phenoxy) is 1. The lowest BCUT2D eigenvalue weighted by Crippen LogP contribution is -2.56. The number of nitrogens with zero attached hydrogens (tertiary/aromatic N) is 1. The third kappa shape index (κ3) is 4.23. The number of likely N-dealkylation sites (tertiary alicyclic amines) is 1. The number of rotatable bonds is 5. The first kappa shape index (κ1) is 17.7. The van der Waals surface area contributed by atoms with Gasteiger partial charge in [-0.2, -0.15) is 0 Å². The highest BCUT2D eigenvalue weighted by molar-refractivity contribution is 5.82. The first-order valence-electron chi connectivity index (χ1n) is 8.98. The maximum Gasteiger partial charge on any atom is 0.226 e. The number of hydrogen-bond acceptors (Lipinski definition) is 3. The molecule has 2 fully saturated rings. The zero-order valence-corrected chi connectivity index (χ0v) is 14.9. The van der Waals surface area contributed by atoms with Crippen molar-refractivity contribution in [2.75, 3.05) is 32.8 Å². The molecule has 0 radical (unpaired) electrons. The molecule has 1 atom stereocenters. The molecule has 2 saturated heterocycles. The summed E-state index contributed by atoms with van der Waals surface area (Å²) < 4.78 is 5.39. The monoisotopic (exact) mass is 310 g/mol. The minimum Gasteiger partial charge on any atom is -0.381 e. The average Bonchev–Trinajstić information content (AvgIpc) is 2.53. The van der Waals surface area contributed by atoms with Crippen molar-refractivity contribution in [1.82, 2.24) is 10.2 Å². The molecule has 4 heteroatoms. The van der Waals surface area contributed by atoms with Crippen molar-refractivity contribution in [1.29, 1.82) is 0 Å². The second-order valence-corrected chi connectivity index (χ2v) is 8.03. The quantitative estimate of drug-likeness (QED) is 0.849. The summed E-state index contributed by atoms with van der Waals surface area (Å²) in [6.07, 6.45) is 5.57. The van der Waals surface area contributed by atoms with Crippen LogP contribution in [0.25, 0.3) is 0 Å². The average molecular weight is 310 g/mol. The fourth-order valence-electron chi connectivity index (χ4n) is 3.62. The smallest absolute Gasteiger partial charge is 0.226 e. The van der Waals surface area contributed by atoms with E-state index in [1.165, 1.54) is 25.8 Å². The summed E-state index contributed by atoms with van der Waals surface area (Å²) in [5.74, 6) is 1.02. The molecular formula is C18H34N2O2. The van der Waals surface area contributed by atoms with Gasteiger partial charge in [-0.1, -0.05) is 20.3 Å². The Hall–Kier alpha value is -0.610. The van der Waals surface area contributed by atoms with Gasteiger partial charge in [0.1, 0.15) is 0 Å². The van der Waals surface area contributed by atoms with E-state index in [4.69, 9.17) is 4.74 Å². The van der Waals surface area contributed by atoms with Crippen LogP contribution in [-0.4, -0.2) is 49.2 Å². The Balaban J connectivity index is 1.87. The molecule has 2 aliphatic rings. The molecule has 2 rings (SSSR count). The predicted molar refractivity (Wildman–Crippen MR) is 89.8 cm³/mol. The summed E-state index contributed by atoms with van der Waals surface area (Å²) in [7, 11) is 0. The van der Waals surface area contributed by atoms with Crippen molar-refractivity contribution in [3.05, 3.63) is 0 Å². The summed E-state index contributed by atoms with van der Waals surface area (Å²) in [5, 5.41) is 3.23. The molecule has 128 valence electrons. The van der Waals surface area contributed by atoms with Crippen molar-refractivity contribution >= 4 is 5.91 Å². The van der Waals surface area contributed by atoms with Gasteiger partial charge in [0.25, 0.3) is 0 Å². The van der Waals surface area contributed by atoms with E-state index in [9.17, 15) is 4.79 Å². The van der Waals surface area contributed by atoms with Crippen LogP contribution in [-0.2, 0) is 9.53 Å². The normalized spacial score (nSPS) is 26.6. The molecule has 0 aromatic heterocycles. The van der Waals surface area contributed by atoms with Gasteiger partial charge < -0.3 is 10.1 Å². The van der Waals surface area contributed by atoms with Crippen LogP contribution in [0.5, 0.6) is 0 Å². The van der Waals surface area contributed by atoms with E-state index < -0.39 is 0 Å². The van der Waals surface area contributed by atoms with Crippen LogP contribution in [0.3, 0.4) is 0 Å². The van der Waals surface area contributed by atoms with Crippen molar-refractivity contribution < 1.29 is 9.53 Å². The molecule has 2 heterocycles. The lowest BCUT2D eigenvalue weighted by molar-refractivity contribution is -0.135. The van der Waals surface area contributed by atoms with Gasteiger partial charge in [-0.05, 0) is 52.0 Å². The van der Waals surface area contributed by atoms with E-state index in [1.807, 2.05) is 0 Å². The molecule has 1 amide bonds. The molecule has 0 aromatic rings. The van der Waals surface area contributed by atoms with Crippen LogP contribution in [0.15, 0.2) is 0 Å². The first-order chi connectivity index (χ1) is 10.4. The van der Waals surface area contributed by atoms with Crippen LogP contribution in [0.2, 0.25) is 0 Å². The van der Waals surface area contributed by atoms with Gasteiger partial charge in [-0.15, -0.1) is 0 Å². The number of amides is 1. The Kier molecular flexibility index (Phi) is 5.89. The van der Waals surface area contributed by atoms with Crippen LogP contribution in [0, 0.1) is 11.3 Å². The largest absolute Gasteiger partial charge is 0.381 e. The van der Waals surface area contributed by atoms with Crippen molar-refractivity contribution in [3.63, 3.8) is 0 Å². The number of hydrogen-bond donors (Lipinski definition) is 1. The maximum absolute atomic E-state index is 12.6. The summed E-state index contributed by atoms with van der Waals surface area (Å²) in [6, 6.07) is 0. The Bertz CT molecular complexity index is 375. The van der Waals surface area contributed by atoms with E-state index in [-0.39, 0.29) is 16.9 Å². The van der Waals surface area contributed by atoms with E-state index in [2.05, 4.69) is 37.9 Å². The summed E-state index contributed by atoms with van der Waals surface area (Å²) in [6.45, 7) is 13.4. The fourth-order valence-corrected chi connectivity index (χ4v) is 3.62. The highest BCUT2D eigenvalue weighted by atomic mass is 16.5. The van der Waals surface area contributed by atoms with E-state index in [0.717, 1.165) is 31.8 Å². The van der Waals surface area contributed by atoms with Gasteiger partial charge in [0.05, 0.1) is 5.41 Å². The minimum atomic E-state index is -0.248. The van der Waals surface area contributed by atoms with Crippen molar-refractivity contribution in [3.8, 4) is 0 Å². The molecule has 0 aliphatic carbocycles.